The van der Waals surface area contributed by atoms with Crippen LogP contribution in [-0.2, 0) is 20.9 Å². The molecule has 2 aromatic rings. The summed E-state index contributed by atoms with van der Waals surface area (Å²) in [6.07, 6.45) is 0.685. The number of benzene rings is 1. The molecule has 0 bridgehead atoms. The minimum Gasteiger partial charge on any atom is -0.461 e. The smallest absolute Gasteiger partial charge is 0.410 e. The predicted octanol–water partition coefficient (Wildman–Crippen LogP) is 4.10. The van der Waals surface area contributed by atoms with Gasteiger partial charge in [0.1, 0.15) is 17.8 Å². The molecule has 1 aliphatic rings. The average molecular weight is 415 g/mol. The highest BCUT2D eigenvalue weighted by molar-refractivity contribution is 5.82. The maximum atomic E-state index is 12.6. The second kappa shape index (κ2) is 8.50. The van der Waals surface area contributed by atoms with Gasteiger partial charge >= 0.3 is 17.7 Å². The van der Waals surface area contributed by atoms with E-state index < -0.39 is 11.2 Å². The van der Waals surface area contributed by atoms with Crippen LogP contribution < -0.4 is 5.63 Å². The summed E-state index contributed by atoms with van der Waals surface area (Å²) >= 11 is 0. The second-order valence-electron chi connectivity index (χ2n) is 8.87. The van der Waals surface area contributed by atoms with Gasteiger partial charge in [-0.15, -0.1) is 0 Å². The molecule has 1 aliphatic heterocycles. The molecule has 1 amide bonds. The van der Waals surface area contributed by atoms with Gasteiger partial charge in [0.25, 0.3) is 0 Å². The van der Waals surface area contributed by atoms with Crippen LogP contribution >= 0.6 is 0 Å². The fraction of sp³-hybridized carbons (Fsp3) is 0.522. The molecule has 7 heteroatoms. The van der Waals surface area contributed by atoms with Crippen LogP contribution in [0.4, 0.5) is 4.79 Å². The molecule has 1 aromatic heterocycles. The van der Waals surface area contributed by atoms with Crippen molar-refractivity contribution in [1.82, 2.24) is 4.90 Å². The normalized spacial score (nSPS) is 15.3. The maximum absolute atomic E-state index is 12.6. The van der Waals surface area contributed by atoms with Gasteiger partial charge < -0.3 is 18.8 Å². The van der Waals surface area contributed by atoms with Crippen LogP contribution in [0.15, 0.2) is 27.4 Å². The second-order valence-corrected chi connectivity index (χ2v) is 8.87. The quantitative estimate of drug-likeness (QED) is 0.554. The largest absolute Gasteiger partial charge is 0.461 e. The molecule has 3 rings (SSSR count). The Balaban J connectivity index is 1.61. The Morgan fingerprint density at radius 1 is 1.10 bits per heavy atom. The molecule has 7 nitrogen and oxygen atoms in total. The van der Waals surface area contributed by atoms with Crippen molar-refractivity contribution in [3.8, 4) is 0 Å². The molecule has 0 saturated carbocycles. The minimum absolute atomic E-state index is 0.00964. The lowest BCUT2D eigenvalue weighted by atomic mass is 9.97. The highest BCUT2D eigenvalue weighted by Crippen LogP contribution is 2.24. The standard InChI is InChI=1S/C23H29NO6/c1-14-10-18-17(12-20(25)29-19(18)11-15(14)2)13-28-21(26)16-6-8-24(9-7-16)22(27)30-23(3,4)5/h10-12,16H,6-9,13H2,1-5H3. The lowest BCUT2D eigenvalue weighted by Gasteiger charge is -2.32. The van der Waals surface area contributed by atoms with Crippen molar-refractivity contribution >= 4 is 23.0 Å². The summed E-state index contributed by atoms with van der Waals surface area (Å²) in [5.74, 6) is -0.594. The molecular weight excluding hydrogens is 386 g/mol. The van der Waals surface area contributed by atoms with Crippen molar-refractivity contribution < 1.29 is 23.5 Å². The maximum Gasteiger partial charge on any atom is 0.410 e. The summed E-state index contributed by atoms with van der Waals surface area (Å²) in [6, 6.07) is 5.13. The van der Waals surface area contributed by atoms with Crippen molar-refractivity contribution in [2.24, 2.45) is 5.92 Å². The third kappa shape index (κ3) is 5.20. The third-order valence-electron chi connectivity index (χ3n) is 5.29. The van der Waals surface area contributed by atoms with Gasteiger partial charge in [-0.3, -0.25) is 4.79 Å². The highest BCUT2D eigenvalue weighted by Gasteiger charge is 2.30. The molecule has 0 spiro atoms. The Morgan fingerprint density at radius 3 is 2.37 bits per heavy atom. The number of fused-ring (bicyclic) bond motifs is 1. The fourth-order valence-corrected chi connectivity index (χ4v) is 3.49. The van der Waals surface area contributed by atoms with Crippen LogP contribution in [0.5, 0.6) is 0 Å². The van der Waals surface area contributed by atoms with E-state index in [1.54, 1.807) is 4.90 Å². The van der Waals surface area contributed by atoms with E-state index in [9.17, 15) is 14.4 Å². The van der Waals surface area contributed by atoms with Crippen LogP contribution in [-0.4, -0.2) is 35.7 Å². The summed E-state index contributed by atoms with van der Waals surface area (Å²) in [5, 5.41) is 0.769. The van der Waals surface area contributed by atoms with Gasteiger partial charge in [-0.1, -0.05) is 0 Å². The van der Waals surface area contributed by atoms with Crippen molar-refractivity contribution in [2.45, 2.75) is 59.7 Å². The summed E-state index contributed by atoms with van der Waals surface area (Å²) in [7, 11) is 0. The first-order valence-electron chi connectivity index (χ1n) is 10.2. The summed E-state index contributed by atoms with van der Waals surface area (Å²) in [6.45, 7) is 10.3. The number of carbonyl (C=O) groups excluding carboxylic acids is 2. The zero-order chi connectivity index (χ0) is 22.1. The molecule has 162 valence electrons. The number of rotatable bonds is 3. The number of hydrogen-bond donors (Lipinski definition) is 0. The predicted molar refractivity (Wildman–Crippen MR) is 112 cm³/mol. The Morgan fingerprint density at radius 2 is 1.73 bits per heavy atom. The number of likely N-dealkylation sites (tertiary alicyclic amines) is 1. The fourth-order valence-electron chi connectivity index (χ4n) is 3.49. The van der Waals surface area contributed by atoms with E-state index in [1.165, 1.54) is 6.07 Å². The van der Waals surface area contributed by atoms with Crippen LogP contribution in [0.3, 0.4) is 0 Å². The number of aryl methyl sites for hydroxylation is 2. The van der Waals surface area contributed by atoms with Gasteiger partial charge in [0.2, 0.25) is 0 Å². The van der Waals surface area contributed by atoms with Crippen molar-refractivity contribution in [2.75, 3.05) is 13.1 Å². The summed E-state index contributed by atoms with van der Waals surface area (Å²) < 4.78 is 16.2. The van der Waals surface area contributed by atoms with E-state index >= 15 is 0 Å². The van der Waals surface area contributed by atoms with E-state index in [0.29, 0.717) is 37.1 Å². The lowest BCUT2D eigenvalue weighted by molar-refractivity contribution is -0.151. The van der Waals surface area contributed by atoms with Crippen molar-refractivity contribution in [1.29, 1.82) is 0 Å². The Hall–Kier alpha value is -2.83. The number of esters is 1. The number of amides is 1. The van der Waals surface area contributed by atoms with E-state index in [1.807, 2.05) is 46.8 Å². The van der Waals surface area contributed by atoms with Gasteiger partial charge in [-0.25, -0.2) is 9.59 Å². The summed E-state index contributed by atoms with van der Waals surface area (Å²) in [5.41, 5.74) is 2.19. The molecule has 1 saturated heterocycles. The molecule has 0 N–H and O–H groups in total. The zero-order valence-corrected chi connectivity index (χ0v) is 18.2. The lowest BCUT2D eigenvalue weighted by Crippen LogP contribution is -2.43. The van der Waals surface area contributed by atoms with E-state index in [0.717, 1.165) is 16.5 Å². The summed E-state index contributed by atoms with van der Waals surface area (Å²) in [4.78, 5) is 38.2. The number of piperidine rings is 1. The minimum atomic E-state index is -0.547. The molecule has 0 aliphatic carbocycles. The number of ether oxygens (including phenoxy) is 2. The Labute approximate surface area is 175 Å². The van der Waals surface area contributed by atoms with Crippen molar-refractivity contribution in [3.63, 3.8) is 0 Å². The molecule has 0 radical (unpaired) electrons. The first-order chi connectivity index (χ1) is 14.0. The number of nitrogens with zero attached hydrogens (tertiary/aromatic N) is 1. The highest BCUT2D eigenvalue weighted by atomic mass is 16.6. The van der Waals surface area contributed by atoms with Gasteiger partial charge in [-0.05, 0) is 70.7 Å². The monoisotopic (exact) mass is 415 g/mol. The van der Waals surface area contributed by atoms with Gasteiger partial charge in [-0.2, -0.15) is 0 Å². The van der Waals surface area contributed by atoms with Gasteiger partial charge in [0, 0.05) is 30.1 Å². The van der Waals surface area contributed by atoms with Crippen LogP contribution in [0.1, 0.15) is 50.3 Å². The molecule has 0 atom stereocenters. The molecule has 2 heterocycles. The van der Waals surface area contributed by atoms with E-state index in [4.69, 9.17) is 13.9 Å². The zero-order valence-electron chi connectivity index (χ0n) is 18.2. The molecule has 30 heavy (non-hydrogen) atoms. The third-order valence-corrected chi connectivity index (χ3v) is 5.29. The first kappa shape index (κ1) is 21.9. The van der Waals surface area contributed by atoms with Crippen LogP contribution in [0, 0.1) is 19.8 Å². The van der Waals surface area contributed by atoms with E-state index in [2.05, 4.69) is 0 Å². The average Bonchev–Trinajstić information content (AvgIpc) is 2.66. The molecule has 0 unspecified atom stereocenters. The number of hydrogen-bond acceptors (Lipinski definition) is 6. The van der Waals surface area contributed by atoms with Gasteiger partial charge in [0.05, 0.1) is 5.92 Å². The van der Waals surface area contributed by atoms with Crippen molar-refractivity contribution in [3.05, 3.63) is 45.3 Å². The molecule has 1 fully saturated rings. The molecular formula is C23H29NO6. The first-order valence-corrected chi connectivity index (χ1v) is 10.2. The topological polar surface area (TPSA) is 86.0 Å². The Kier molecular flexibility index (Phi) is 6.19. The van der Waals surface area contributed by atoms with E-state index in [-0.39, 0.29) is 24.6 Å². The number of carbonyl (C=O) groups is 2. The van der Waals surface area contributed by atoms with Crippen LogP contribution in [0.2, 0.25) is 0 Å². The SMILES string of the molecule is Cc1cc2oc(=O)cc(COC(=O)C3CCN(C(=O)OC(C)(C)C)CC3)c2cc1C. The van der Waals surface area contributed by atoms with Gasteiger partial charge in [0.15, 0.2) is 0 Å². The molecule has 1 aromatic carbocycles. The Bertz CT molecular complexity index is 1010. The van der Waals surface area contributed by atoms with Crippen LogP contribution in [0.25, 0.3) is 11.0 Å².